The first-order valence-corrected chi connectivity index (χ1v) is 1.32. The summed E-state index contributed by atoms with van der Waals surface area (Å²) in [7, 11) is 1.20. The quantitative estimate of drug-likeness (QED) is 0.229. The van der Waals surface area contributed by atoms with Crippen LogP contribution in [0, 0.1) is 12.3 Å². The van der Waals surface area contributed by atoms with Gasteiger partial charge in [0.1, 0.15) is 0 Å². The molecule has 0 aliphatic rings. The molecule has 0 saturated carbocycles. The molecule has 0 radical (unpaired) electrons. The van der Waals surface area contributed by atoms with Gasteiger partial charge in [0.05, 0.1) is 7.11 Å². The van der Waals surface area contributed by atoms with Gasteiger partial charge in [0.25, 0.3) is 0 Å². The Morgan fingerprint density at radius 1 is 2.00 bits per heavy atom. The summed E-state index contributed by atoms with van der Waals surface area (Å²) in [5.41, 5.74) is 0. The van der Waals surface area contributed by atoms with Crippen LogP contribution in [0.4, 0.5) is 0 Å². The number of carbonyl (C=O) groups is 1. The van der Waals surface area contributed by atoms with Gasteiger partial charge in [-0.25, -0.2) is 5.92 Å². The van der Waals surface area contributed by atoms with Crippen molar-refractivity contribution >= 4 is 5.97 Å². The lowest BCUT2D eigenvalue weighted by atomic mass is 10.7. The van der Waals surface area contributed by atoms with E-state index in [9.17, 15) is 4.79 Å². The average molecular weight is 83.1 g/mol. The van der Waals surface area contributed by atoms with E-state index in [1.165, 1.54) is 13.0 Å². The predicted octanol–water partition coefficient (Wildman–Crippen LogP) is -0.251. The Bertz CT molecular complexity index is 88.2. The zero-order valence-corrected chi connectivity index (χ0v) is 3.32. The first-order valence-electron chi connectivity index (χ1n) is 1.32. The maximum atomic E-state index is 9.66. The maximum Gasteiger partial charge on any atom is 0.217 e. The maximum absolute atomic E-state index is 9.66. The summed E-state index contributed by atoms with van der Waals surface area (Å²) < 4.78 is 3.96. The molecule has 0 fully saturated rings. The molecular weight excluding hydrogens is 80.0 g/mol. The molecule has 2 nitrogen and oxygen atoms in total. The predicted molar refractivity (Wildman–Crippen MR) is 19.1 cm³/mol. The molecular formula is C4H3O2-. The Hall–Kier alpha value is -0.970. The SMILES string of the molecule is [C-]#CC(=O)OC. The minimum atomic E-state index is -0.741. The zero-order valence-electron chi connectivity index (χ0n) is 3.32. The molecule has 0 saturated heterocycles. The van der Waals surface area contributed by atoms with Crippen LogP contribution in [0.15, 0.2) is 0 Å². The lowest BCUT2D eigenvalue weighted by molar-refractivity contribution is -0.133. The fourth-order valence-corrected chi connectivity index (χ4v) is 0.0510. The molecule has 0 aromatic rings. The van der Waals surface area contributed by atoms with Crippen LogP contribution in [0.5, 0.6) is 0 Å². The zero-order chi connectivity index (χ0) is 4.99. The van der Waals surface area contributed by atoms with E-state index >= 15 is 0 Å². The highest BCUT2D eigenvalue weighted by Crippen LogP contribution is 1.61. The Labute approximate surface area is 36.1 Å². The van der Waals surface area contributed by atoms with E-state index in [4.69, 9.17) is 6.42 Å². The molecule has 0 aliphatic carbocycles. The van der Waals surface area contributed by atoms with Crippen molar-refractivity contribution in [3.8, 4) is 5.92 Å². The van der Waals surface area contributed by atoms with Crippen molar-refractivity contribution in [2.75, 3.05) is 7.11 Å². The molecule has 0 atom stereocenters. The number of ether oxygens (including phenoxy) is 1. The Morgan fingerprint density at radius 2 is 2.50 bits per heavy atom. The average Bonchev–Trinajstić information content (AvgIpc) is 1.65. The number of carbonyl (C=O) groups excluding carboxylic acids is 1. The largest absolute Gasteiger partial charge is 0.544 e. The van der Waals surface area contributed by atoms with Crippen molar-refractivity contribution < 1.29 is 9.53 Å². The normalized spacial score (nSPS) is 6.00. The van der Waals surface area contributed by atoms with E-state index in [2.05, 4.69) is 4.74 Å². The molecule has 0 aromatic carbocycles. The first kappa shape index (κ1) is 5.03. The van der Waals surface area contributed by atoms with Crippen LogP contribution in [-0.4, -0.2) is 13.1 Å². The molecule has 0 amide bonds. The molecule has 0 aromatic heterocycles. The fourth-order valence-electron chi connectivity index (χ4n) is 0.0510. The highest BCUT2D eigenvalue weighted by molar-refractivity contribution is 5.86. The van der Waals surface area contributed by atoms with Crippen LogP contribution in [0.25, 0.3) is 0 Å². The van der Waals surface area contributed by atoms with Gasteiger partial charge in [-0.05, 0) is 0 Å². The third-order valence-electron chi connectivity index (χ3n) is 0.287. The number of methoxy groups -OCH3 is 1. The lowest BCUT2D eigenvalue weighted by Crippen LogP contribution is -1.92. The van der Waals surface area contributed by atoms with E-state index in [-0.39, 0.29) is 0 Å². The molecule has 0 spiro atoms. The molecule has 0 N–H and O–H groups in total. The summed E-state index contributed by atoms with van der Waals surface area (Å²) in [5, 5.41) is 0. The van der Waals surface area contributed by atoms with Crippen molar-refractivity contribution in [2.24, 2.45) is 0 Å². The Kier molecular flexibility index (Phi) is 1.91. The van der Waals surface area contributed by atoms with Gasteiger partial charge < -0.3 is 16.0 Å². The van der Waals surface area contributed by atoms with E-state index in [1.54, 1.807) is 0 Å². The van der Waals surface area contributed by atoms with E-state index < -0.39 is 5.97 Å². The van der Waals surface area contributed by atoms with Crippen molar-refractivity contribution in [2.45, 2.75) is 0 Å². The molecule has 2 heteroatoms. The van der Waals surface area contributed by atoms with Crippen molar-refractivity contribution in [1.82, 2.24) is 0 Å². The van der Waals surface area contributed by atoms with Gasteiger partial charge in [-0.1, -0.05) is 0 Å². The van der Waals surface area contributed by atoms with Gasteiger partial charge in [-0.15, -0.1) is 0 Å². The summed E-state index contributed by atoms with van der Waals surface area (Å²) in [4.78, 5) is 9.66. The van der Waals surface area contributed by atoms with Crippen molar-refractivity contribution in [1.29, 1.82) is 0 Å². The third kappa shape index (κ3) is 1.36. The summed E-state index contributed by atoms with van der Waals surface area (Å²) in [6.45, 7) is 0. The lowest BCUT2D eigenvalue weighted by Gasteiger charge is -1.92. The number of hydrogen-bond donors (Lipinski definition) is 0. The van der Waals surface area contributed by atoms with Gasteiger partial charge in [0, 0.05) is 0 Å². The van der Waals surface area contributed by atoms with Crippen LogP contribution in [0.1, 0.15) is 0 Å². The second-order valence-electron chi connectivity index (χ2n) is 0.617. The monoisotopic (exact) mass is 83.0 g/mol. The molecule has 0 heterocycles. The first-order chi connectivity index (χ1) is 2.81. The molecule has 6 heavy (non-hydrogen) atoms. The van der Waals surface area contributed by atoms with Gasteiger partial charge in [0.15, 0.2) is 0 Å². The Morgan fingerprint density at radius 3 is 2.50 bits per heavy atom. The standard InChI is InChI=1S/C4H3O2/c1-3-4(5)6-2/h2H3/q-1. The summed E-state index contributed by atoms with van der Waals surface area (Å²) in [6, 6.07) is 0. The van der Waals surface area contributed by atoms with E-state index in [0.717, 1.165) is 0 Å². The minimum Gasteiger partial charge on any atom is -0.544 e. The van der Waals surface area contributed by atoms with Gasteiger partial charge >= 0.3 is 0 Å². The summed E-state index contributed by atoms with van der Waals surface area (Å²) in [5.74, 6) is 0.763. The molecule has 0 unspecified atom stereocenters. The highest BCUT2D eigenvalue weighted by Gasteiger charge is 1.67. The fraction of sp³-hybridized carbons (Fsp3) is 0.250. The summed E-state index contributed by atoms with van der Waals surface area (Å²) >= 11 is 0. The van der Waals surface area contributed by atoms with Crippen LogP contribution in [0.2, 0.25) is 0 Å². The summed E-state index contributed by atoms with van der Waals surface area (Å²) in [6.07, 6.45) is 6.08. The second-order valence-corrected chi connectivity index (χ2v) is 0.617. The smallest absolute Gasteiger partial charge is 0.217 e. The van der Waals surface area contributed by atoms with Gasteiger partial charge in [0.2, 0.25) is 5.97 Å². The molecule has 0 aliphatic heterocycles. The molecule has 32 valence electrons. The highest BCUT2D eigenvalue weighted by atomic mass is 16.5. The van der Waals surface area contributed by atoms with E-state index in [1.807, 2.05) is 0 Å². The topological polar surface area (TPSA) is 26.3 Å². The number of rotatable bonds is 0. The van der Waals surface area contributed by atoms with Crippen molar-refractivity contribution in [3.05, 3.63) is 6.42 Å². The second kappa shape index (κ2) is 2.28. The molecule has 0 bridgehead atoms. The van der Waals surface area contributed by atoms with Gasteiger partial charge in [-0.3, -0.25) is 0 Å². The van der Waals surface area contributed by atoms with Crippen LogP contribution >= 0.6 is 0 Å². The van der Waals surface area contributed by atoms with E-state index in [0.29, 0.717) is 0 Å². The van der Waals surface area contributed by atoms with Crippen LogP contribution in [-0.2, 0) is 9.53 Å². The van der Waals surface area contributed by atoms with Crippen LogP contribution < -0.4 is 0 Å². The number of esters is 1. The minimum absolute atomic E-state index is 0.741. The molecule has 0 rings (SSSR count). The number of hydrogen-bond acceptors (Lipinski definition) is 2. The van der Waals surface area contributed by atoms with Crippen LogP contribution in [0.3, 0.4) is 0 Å². The van der Waals surface area contributed by atoms with Gasteiger partial charge in [-0.2, -0.15) is 0 Å². The third-order valence-corrected chi connectivity index (χ3v) is 0.287. The Balaban J connectivity index is 3.33. The van der Waals surface area contributed by atoms with Crippen molar-refractivity contribution in [3.63, 3.8) is 0 Å².